The zero-order valence-corrected chi connectivity index (χ0v) is 20.1. The van der Waals surface area contributed by atoms with Crippen LogP contribution in [0, 0.1) is 11.3 Å². The maximum absolute atomic E-state index is 13.1. The molecule has 0 saturated heterocycles. The summed E-state index contributed by atoms with van der Waals surface area (Å²) in [5.41, 5.74) is 4.12. The largest absolute Gasteiger partial charge is 0.322 e. The number of aromatic nitrogens is 3. The third-order valence-corrected chi connectivity index (χ3v) is 7.26. The fourth-order valence-corrected chi connectivity index (χ4v) is 5.22. The van der Waals surface area contributed by atoms with Gasteiger partial charge in [0.15, 0.2) is 5.82 Å². The van der Waals surface area contributed by atoms with E-state index in [1.165, 1.54) is 6.42 Å². The van der Waals surface area contributed by atoms with E-state index in [2.05, 4.69) is 26.2 Å². The molecule has 1 aliphatic heterocycles. The second-order valence-corrected chi connectivity index (χ2v) is 9.54. The molecule has 3 aromatic carbocycles. The second-order valence-electron chi connectivity index (χ2n) is 8.53. The Morgan fingerprint density at radius 1 is 0.971 bits per heavy atom. The van der Waals surface area contributed by atoms with Crippen molar-refractivity contribution in [3.05, 3.63) is 95.3 Å². The number of fused-ring (bicyclic) bond motifs is 1. The van der Waals surface area contributed by atoms with Crippen LogP contribution in [0.5, 0.6) is 0 Å². The van der Waals surface area contributed by atoms with Gasteiger partial charge >= 0.3 is 0 Å². The lowest BCUT2D eigenvalue weighted by molar-refractivity contribution is 0.102. The lowest BCUT2D eigenvalue weighted by Crippen LogP contribution is -2.13. The highest BCUT2D eigenvalue weighted by Gasteiger charge is 2.16. The number of rotatable bonds is 6. The first-order chi connectivity index (χ1) is 17.2. The highest BCUT2D eigenvalue weighted by Crippen LogP contribution is 2.28. The van der Waals surface area contributed by atoms with Crippen molar-refractivity contribution in [1.29, 1.82) is 5.26 Å². The van der Waals surface area contributed by atoms with Gasteiger partial charge in [0.1, 0.15) is 5.82 Å². The lowest BCUT2D eigenvalue weighted by atomic mass is 10.1. The predicted octanol–water partition coefficient (Wildman–Crippen LogP) is 6.09. The molecule has 174 valence electrons. The normalized spacial score (nSPS) is 12.9. The molecule has 2 heterocycles. The van der Waals surface area contributed by atoms with Gasteiger partial charge in [-0.2, -0.15) is 5.26 Å². The van der Waals surface area contributed by atoms with Crippen LogP contribution in [0.25, 0.3) is 11.4 Å². The Morgan fingerprint density at radius 2 is 1.77 bits per heavy atom. The van der Waals surface area contributed by atoms with Crippen LogP contribution in [0.2, 0.25) is 0 Å². The topological polar surface area (TPSA) is 83.6 Å². The Kier molecular flexibility index (Phi) is 6.92. The number of nitrogens with zero attached hydrogens (tertiary/aromatic N) is 4. The zero-order chi connectivity index (χ0) is 24.0. The fourth-order valence-electron chi connectivity index (χ4n) is 4.22. The summed E-state index contributed by atoms with van der Waals surface area (Å²) in [6.45, 7) is 0.951. The number of hydrogen-bond donors (Lipinski definition) is 1. The van der Waals surface area contributed by atoms with Crippen LogP contribution in [-0.4, -0.2) is 20.7 Å². The number of hydrogen-bond acceptors (Lipinski definition) is 5. The molecule has 0 aliphatic carbocycles. The summed E-state index contributed by atoms with van der Waals surface area (Å²) in [4.78, 5) is 14.0. The van der Waals surface area contributed by atoms with Gasteiger partial charge in [-0.3, -0.25) is 4.79 Å². The highest BCUT2D eigenvalue weighted by molar-refractivity contribution is 7.98. The second kappa shape index (κ2) is 10.6. The van der Waals surface area contributed by atoms with Gasteiger partial charge in [0.05, 0.1) is 17.2 Å². The summed E-state index contributed by atoms with van der Waals surface area (Å²) >= 11 is 1.61. The van der Waals surface area contributed by atoms with Crippen molar-refractivity contribution >= 4 is 23.4 Å². The molecule has 0 unspecified atom stereocenters. The Bertz CT molecular complexity index is 1370. The van der Waals surface area contributed by atoms with E-state index in [9.17, 15) is 4.79 Å². The van der Waals surface area contributed by atoms with Crippen molar-refractivity contribution in [2.45, 2.75) is 42.9 Å². The summed E-state index contributed by atoms with van der Waals surface area (Å²) in [6.07, 6.45) is 4.51. The average molecular weight is 480 g/mol. The van der Waals surface area contributed by atoms with Crippen LogP contribution < -0.4 is 5.32 Å². The number of benzene rings is 3. The van der Waals surface area contributed by atoms with Crippen molar-refractivity contribution < 1.29 is 4.79 Å². The van der Waals surface area contributed by atoms with Crippen LogP contribution in [-0.2, 0) is 18.7 Å². The van der Waals surface area contributed by atoms with Gasteiger partial charge in [0, 0.05) is 34.9 Å². The predicted molar refractivity (Wildman–Crippen MR) is 138 cm³/mol. The monoisotopic (exact) mass is 479 g/mol. The van der Waals surface area contributed by atoms with Crippen LogP contribution in [0.15, 0.2) is 77.7 Å². The fraction of sp³-hybridized carbons (Fsp3) is 0.214. The van der Waals surface area contributed by atoms with Crippen LogP contribution in [0.4, 0.5) is 5.69 Å². The first kappa shape index (κ1) is 22.9. The van der Waals surface area contributed by atoms with E-state index >= 15 is 0 Å². The van der Waals surface area contributed by atoms with Crippen LogP contribution in [0.1, 0.15) is 46.6 Å². The summed E-state index contributed by atoms with van der Waals surface area (Å²) in [5.74, 6) is 2.53. The maximum atomic E-state index is 13.1. The number of carbonyl (C=O) groups excluding carboxylic acids is 1. The van der Waals surface area contributed by atoms with Crippen molar-refractivity contribution in [3.63, 3.8) is 0 Å². The van der Waals surface area contributed by atoms with Crippen molar-refractivity contribution in [1.82, 2.24) is 14.8 Å². The Balaban J connectivity index is 1.27. The van der Waals surface area contributed by atoms with Crippen molar-refractivity contribution in [3.8, 4) is 17.5 Å². The molecule has 35 heavy (non-hydrogen) atoms. The Labute approximate surface area is 209 Å². The molecule has 1 amide bonds. The minimum absolute atomic E-state index is 0.142. The summed E-state index contributed by atoms with van der Waals surface area (Å²) in [6, 6.07) is 25.1. The van der Waals surface area contributed by atoms with Crippen molar-refractivity contribution in [2.24, 2.45) is 0 Å². The molecule has 1 N–H and O–H groups in total. The number of amides is 1. The summed E-state index contributed by atoms with van der Waals surface area (Å²) in [5, 5.41) is 20.8. The first-order valence-electron chi connectivity index (χ1n) is 11.8. The molecular weight excluding hydrogens is 454 g/mol. The highest BCUT2D eigenvalue weighted by atomic mass is 32.2. The van der Waals surface area contributed by atoms with Gasteiger partial charge in [0.25, 0.3) is 5.91 Å². The Morgan fingerprint density at radius 3 is 2.57 bits per heavy atom. The molecule has 0 atom stereocenters. The van der Waals surface area contributed by atoms with E-state index in [0.717, 1.165) is 59.2 Å². The molecule has 1 aromatic heterocycles. The first-order valence-corrected chi connectivity index (χ1v) is 12.7. The molecule has 1 aliphatic rings. The molecule has 5 rings (SSSR count). The van der Waals surface area contributed by atoms with Gasteiger partial charge in [-0.15, -0.1) is 22.0 Å². The molecule has 0 saturated carbocycles. The number of nitrogens with one attached hydrogen (secondary N) is 1. The molecule has 4 aromatic rings. The minimum Gasteiger partial charge on any atom is -0.322 e. The van der Waals surface area contributed by atoms with Gasteiger partial charge in [-0.05, 0) is 66.9 Å². The van der Waals surface area contributed by atoms with Gasteiger partial charge in [-0.25, -0.2) is 0 Å². The lowest BCUT2D eigenvalue weighted by Gasteiger charge is -2.11. The SMILES string of the molecule is N#Cc1ccc(CSc2ccccc2C(=O)Nc2ccc(-c3nnc4n3CCCCC4)cc2)cc1. The molecule has 7 heteroatoms. The van der Waals surface area contributed by atoms with E-state index in [-0.39, 0.29) is 5.91 Å². The third kappa shape index (κ3) is 5.28. The zero-order valence-electron chi connectivity index (χ0n) is 19.3. The number of carbonyl (C=O) groups is 1. The van der Waals surface area contributed by atoms with Gasteiger partial charge < -0.3 is 9.88 Å². The summed E-state index contributed by atoms with van der Waals surface area (Å²) < 4.78 is 2.22. The number of anilines is 1. The quantitative estimate of drug-likeness (QED) is 0.339. The van der Waals surface area contributed by atoms with E-state index in [1.807, 2.05) is 72.8 Å². The maximum Gasteiger partial charge on any atom is 0.256 e. The minimum atomic E-state index is -0.142. The van der Waals surface area contributed by atoms with Crippen molar-refractivity contribution in [2.75, 3.05) is 5.32 Å². The molecule has 0 radical (unpaired) electrons. The van der Waals surface area contributed by atoms with Gasteiger partial charge in [-0.1, -0.05) is 30.7 Å². The molecular formula is C28H25N5OS. The van der Waals surface area contributed by atoms with Gasteiger partial charge in [0.2, 0.25) is 0 Å². The number of nitriles is 1. The summed E-state index contributed by atoms with van der Waals surface area (Å²) in [7, 11) is 0. The average Bonchev–Trinajstić information content (AvgIpc) is 3.16. The van der Waals surface area contributed by atoms with E-state index in [1.54, 1.807) is 11.8 Å². The molecule has 0 bridgehead atoms. The third-order valence-electron chi connectivity index (χ3n) is 6.12. The van der Waals surface area contributed by atoms with E-state index < -0.39 is 0 Å². The molecule has 0 spiro atoms. The van der Waals surface area contributed by atoms with E-state index in [4.69, 9.17) is 5.26 Å². The Hall–Kier alpha value is -3.89. The number of thioether (sulfide) groups is 1. The number of aryl methyl sites for hydroxylation is 1. The molecule has 6 nitrogen and oxygen atoms in total. The smallest absolute Gasteiger partial charge is 0.256 e. The van der Waals surface area contributed by atoms with Crippen LogP contribution in [0.3, 0.4) is 0 Å². The van der Waals surface area contributed by atoms with Crippen LogP contribution >= 0.6 is 11.8 Å². The van der Waals surface area contributed by atoms with E-state index in [0.29, 0.717) is 16.9 Å². The standard InChI is InChI=1S/C28H25N5OS/c29-18-20-9-11-21(12-10-20)19-35-25-7-4-3-6-24(25)28(34)30-23-15-13-22(14-16-23)27-32-31-26-8-2-1-5-17-33(26)27/h3-4,6-7,9-16H,1-2,5,8,17,19H2,(H,30,34). The molecule has 0 fully saturated rings.